The predicted molar refractivity (Wildman–Crippen MR) is 82.3 cm³/mol. The smallest absolute Gasteiger partial charge is 0.0682 e. The number of hydrogen-bond donors (Lipinski definition) is 2. The fraction of sp³-hybridized carbons (Fsp3) is 0.133. The summed E-state index contributed by atoms with van der Waals surface area (Å²) in [6.45, 7) is 2.90. The van der Waals surface area contributed by atoms with E-state index in [1.807, 2.05) is 12.3 Å². The van der Waals surface area contributed by atoms with E-state index in [4.69, 9.17) is 0 Å². The number of hydrogen-bond acceptors (Lipinski definition) is 2. The Bertz CT molecular complexity index is 701. The number of aromatic nitrogens is 2. The Morgan fingerprint density at radius 1 is 1.21 bits per heavy atom. The van der Waals surface area contributed by atoms with E-state index < -0.39 is 0 Å². The van der Waals surface area contributed by atoms with Gasteiger partial charge in [0.2, 0.25) is 0 Å². The third-order valence-electron chi connectivity index (χ3n) is 3.13. The standard InChI is InChI=1S/C15H14BrN3/c1-10-2-4-11(5-3-10)8-17-14-6-12(16)7-15-13(14)9-18-19-15/h2-7,9,17H,8H2,1H3,(H,18,19). The monoisotopic (exact) mass is 315 g/mol. The van der Waals surface area contributed by atoms with Crippen LogP contribution in [0.4, 0.5) is 5.69 Å². The highest BCUT2D eigenvalue weighted by Crippen LogP contribution is 2.27. The van der Waals surface area contributed by atoms with Crippen LogP contribution < -0.4 is 5.32 Å². The maximum Gasteiger partial charge on any atom is 0.0682 e. The molecular formula is C15H14BrN3. The number of fused-ring (bicyclic) bond motifs is 1. The second-order valence-electron chi connectivity index (χ2n) is 4.62. The molecule has 19 heavy (non-hydrogen) atoms. The quantitative estimate of drug-likeness (QED) is 0.758. The fourth-order valence-electron chi connectivity index (χ4n) is 2.07. The van der Waals surface area contributed by atoms with Crippen molar-refractivity contribution in [3.63, 3.8) is 0 Å². The highest BCUT2D eigenvalue weighted by atomic mass is 79.9. The lowest BCUT2D eigenvalue weighted by Crippen LogP contribution is -1.99. The van der Waals surface area contributed by atoms with Crippen LogP contribution >= 0.6 is 15.9 Å². The van der Waals surface area contributed by atoms with Gasteiger partial charge in [-0.3, -0.25) is 5.10 Å². The fourth-order valence-corrected chi connectivity index (χ4v) is 2.52. The van der Waals surface area contributed by atoms with Crippen molar-refractivity contribution in [1.29, 1.82) is 0 Å². The van der Waals surface area contributed by atoms with Gasteiger partial charge in [-0.15, -0.1) is 0 Å². The number of rotatable bonds is 3. The molecule has 0 saturated carbocycles. The molecule has 0 unspecified atom stereocenters. The average Bonchev–Trinajstić information content (AvgIpc) is 2.85. The molecule has 0 aliphatic carbocycles. The molecule has 0 atom stereocenters. The first kappa shape index (κ1) is 12.2. The zero-order valence-electron chi connectivity index (χ0n) is 10.6. The van der Waals surface area contributed by atoms with Gasteiger partial charge in [-0.1, -0.05) is 45.8 Å². The van der Waals surface area contributed by atoms with Gasteiger partial charge in [0, 0.05) is 22.1 Å². The number of halogens is 1. The van der Waals surface area contributed by atoms with E-state index in [0.29, 0.717) is 0 Å². The topological polar surface area (TPSA) is 40.7 Å². The molecule has 3 rings (SSSR count). The van der Waals surface area contributed by atoms with Gasteiger partial charge in [-0.2, -0.15) is 5.10 Å². The van der Waals surface area contributed by atoms with Gasteiger partial charge in [0.05, 0.1) is 11.7 Å². The highest BCUT2D eigenvalue weighted by molar-refractivity contribution is 9.10. The maximum atomic E-state index is 4.08. The minimum atomic E-state index is 0.803. The average molecular weight is 316 g/mol. The van der Waals surface area contributed by atoms with Gasteiger partial charge in [-0.25, -0.2) is 0 Å². The zero-order chi connectivity index (χ0) is 13.2. The molecule has 0 bridgehead atoms. The van der Waals surface area contributed by atoms with Crippen molar-refractivity contribution in [3.05, 3.63) is 58.2 Å². The molecule has 0 radical (unpaired) electrons. The maximum absolute atomic E-state index is 4.08. The molecule has 3 aromatic rings. The molecule has 2 N–H and O–H groups in total. The number of nitrogens with one attached hydrogen (secondary N) is 2. The van der Waals surface area contributed by atoms with Crippen LogP contribution in [0.5, 0.6) is 0 Å². The summed E-state index contributed by atoms with van der Waals surface area (Å²) in [6.07, 6.45) is 1.85. The summed E-state index contributed by atoms with van der Waals surface area (Å²) in [5, 5.41) is 11.6. The van der Waals surface area contributed by atoms with E-state index in [1.54, 1.807) is 0 Å². The van der Waals surface area contributed by atoms with E-state index in [9.17, 15) is 0 Å². The second kappa shape index (κ2) is 5.05. The Hall–Kier alpha value is -1.81. The summed E-state index contributed by atoms with van der Waals surface area (Å²) in [5.74, 6) is 0. The summed E-state index contributed by atoms with van der Waals surface area (Å²) in [6, 6.07) is 12.7. The third-order valence-corrected chi connectivity index (χ3v) is 3.58. The van der Waals surface area contributed by atoms with Crippen LogP contribution in [0.1, 0.15) is 11.1 Å². The predicted octanol–water partition coefficient (Wildman–Crippen LogP) is 4.25. The molecule has 2 aromatic carbocycles. The second-order valence-corrected chi connectivity index (χ2v) is 5.54. The summed E-state index contributed by atoms with van der Waals surface area (Å²) in [5.41, 5.74) is 4.66. The molecule has 4 heteroatoms. The summed E-state index contributed by atoms with van der Waals surface area (Å²) >= 11 is 3.52. The molecule has 1 aromatic heterocycles. The highest BCUT2D eigenvalue weighted by Gasteiger charge is 2.04. The van der Waals surface area contributed by atoms with Gasteiger partial charge in [-0.05, 0) is 24.6 Å². The van der Waals surface area contributed by atoms with Crippen molar-refractivity contribution in [2.45, 2.75) is 13.5 Å². The number of benzene rings is 2. The van der Waals surface area contributed by atoms with Gasteiger partial charge in [0.1, 0.15) is 0 Å². The van der Waals surface area contributed by atoms with Crippen LogP contribution in [0.15, 0.2) is 47.1 Å². The number of anilines is 1. The van der Waals surface area contributed by atoms with Crippen molar-refractivity contribution in [3.8, 4) is 0 Å². The van der Waals surface area contributed by atoms with E-state index >= 15 is 0 Å². The van der Waals surface area contributed by atoms with Crippen LogP contribution in [0.3, 0.4) is 0 Å². The number of aromatic amines is 1. The molecule has 3 nitrogen and oxygen atoms in total. The third kappa shape index (κ3) is 2.63. The van der Waals surface area contributed by atoms with Crippen LogP contribution in [-0.2, 0) is 6.54 Å². The Kier molecular flexibility index (Phi) is 3.25. The summed E-state index contributed by atoms with van der Waals surface area (Å²) in [7, 11) is 0. The first-order valence-corrected chi connectivity index (χ1v) is 6.94. The first-order chi connectivity index (χ1) is 9.22. The molecule has 0 saturated heterocycles. The SMILES string of the molecule is Cc1ccc(CNc2cc(Br)cc3[nH]ncc23)cc1. The lowest BCUT2D eigenvalue weighted by atomic mass is 10.1. The van der Waals surface area contributed by atoms with Crippen molar-refractivity contribution >= 4 is 32.5 Å². The van der Waals surface area contributed by atoms with Crippen molar-refractivity contribution in [2.75, 3.05) is 5.32 Å². The molecule has 1 heterocycles. The van der Waals surface area contributed by atoms with E-state index in [1.165, 1.54) is 11.1 Å². The molecule has 0 amide bonds. The molecule has 0 fully saturated rings. The minimum absolute atomic E-state index is 0.803. The minimum Gasteiger partial charge on any atom is -0.380 e. The molecule has 0 spiro atoms. The first-order valence-electron chi connectivity index (χ1n) is 6.14. The molecule has 96 valence electrons. The molecule has 0 aliphatic rings. The Morgan fingerprint density at radius 2 is 2.00 bits per heavy atom. The number of aryl methyl sites for hydroxylation is 1. The number of nitrogens with zero attached hydrogens (tertiary/aromatic N) is 1. The Balaban J connectivity index is 1.85. The Labute approximate surface area is 120 Å². The lowest BCUT2D eigenvalue weighted by Gasteiger charge is -2.08. The van der Waals surface area contributed by atoms with Crippen LogP contribution in [0, 0.1) is 6.92 Å². The normalized spacial score (nSPS) is 10.8. The van der Waals surface area contributed by atoms with Gasteiger partial charge in [0.15, 0.2) is 0 Å². The van der Waals surface area contributed by atoms with Crippen LogP contribution in [-0.4, -0.2) is 10.2 Å². The van der Waals surface area contributed by atoms with E-state index in [2.05, 4.69) is 68.7 Å². The number of H-pyrrole nitrogens is 1. The van der Waals surface area contributed by atoms with Crippen molar-refractivity contribution in [1.82, 2.24) is 10.2 Å². The van der Waals surface area contributed by atoms with Crippen molar-refractivity contribution in [2.24, 2.45) is 0 Å². The lowest BCUT2D eigenvalue weighted by molar-refractivity contribution is 1.12. The Morgan fingerprint density at radius 3 is 2.79 bits per heavy atom. The van der Waals surface area contributed by atoms with Gasteiger partial charge >= 0.3 is 0 Å². The van der Waals surface area contributed by atoms with Gasteiger partial charge < -0.3 is 5.32 Å². The summed E-state index contributed by atoms with van der Waals surface area (Å²) in [4.78, 5) is 0. The summed E-state index contributed by atoms with van der Waals surface area (Å²) < 4.78 is 1.04. The van der Waals surface area contributed by atoms with E-state index in [-0.39, 0.29) is 0 Å². The van der Waals surface area contributed by atoms with Crippen molar-refractivity contribution < 1.29 is 0 Å². The largest absolute Gasteiger partial charge is 0.380 e. The van der Waals surface area contributed by atoms with E-state index in [0.717, 1.165) is 27.6 Å². The molecule has 0 aliphatic heterocycles. The van der Waals surface area contributed by atoms with Crippen LogP contribution in [0.25, 0.3) is 10.9 Å². The van der Waals surface area contributed by atoms with Crippen LogP contribution in [0.2, 0.25) is 0 Å². The zero-order valence-corrected chi connectivity index (χ0v) is 12.2. The molecular weight excluding hydrogens is 302 g/mol. The van der Waals surface area contributed by atoms with Gasteiger partial charge in [0.25, 0.3) is 0 Å².